The molecule has 1 rings (SSSR count). The molecule has 0 fully saturated rings. The van der Waals surface area contributed by atoms with Gasteiger partial charge in [-0.2, -0.15) is 4.98 Å². The number of aromatic nitrogens is 2. The number of nitrogens with zero attached hydrogens (tertiary/aromatic N) is 2. The van der Waals surface area contributed by atoms with Gasteiger partial charge in [0.1, 0.15) is 0 Å². The maximum atomic E-state index is 8.84. The van der Waals surface area contributed by atoms with Gasteiger partial charge in [0.25, 0.3) is 0 Å². The first-order chi connectivity index (χ1) is 7.30. The third-order valence-electron chi connectivity index (χ3n) is 2.14. The van der Waals surface area contributed by atoms with Crippen LogP contribution in [-0.4, -0.2) is 34.8 Å². The molecule has 0 aliphatic heterocycles. The Hall–Kier alpha value is -1.36. The summed E-state index contributed by atoms with van der Waals surface area (Å²) < 4.78 is 4.99. The summed E-state index contributed by atoms with van der Waals surface area (Å²) in [5.74, 6) is 1.07. The molecule has 0 aliphatic carbocycles. The highest BCUT2D eigenvalue weighted by Crippen LogP contribution is 2.10. The van der Waals surface area contributed by atoms with Gasteiger partial charge < -0.3 is 15.2 Å². The lowest BCUT2D eigenvalue weighted by molar-refractivity contribution is 0.278. The smallest absolute Gasteiger partial charge is 0.226 e. The third-order valence-corrected chi connectivity index (χ3v) is 2.14. The molecule has 1 atom stereocenters. The van der Waals surface area contributed by atoms with E-state index in [2.05, 4.69) is 15.3 Å². The van der Waals surface area contributed by atoms with Crippen LogP contribution in [0.15, 0.2) is 12.3 Å². The third kappa shape index (κ3) is 3.71. The van der Waals surface area contributed by atoms with Crippen LogP contribution < -0.4 is 10.1 Å². The SMILES string of the molecule is CCC(CCO)Nc1nccc(OC)n1. The van der Waals surface area contributed by atoms with Crippen LogP contribution in [-0.2, 0) is 0 Å². The molecule has 1 heterocycles. The summed E-state index contributed by atoms with van der Waals surface area (Å²) in [6, 6.07) is 1.89. The van der Waals surface area contributed by atoms with E-state index in [1.807, 2.05) is 6.92 Å². The standard InChI is InChI=1S/C10H17N3O2/c1-3-8(5-7-14)12-10-11-6-4-9(13-10)15-2/h4,6,8,14H,3,5,7H2,1-2H3,(H,11,12,13). The van der Waals surface area contributed by atoms with Crippen LogP contribution in [0.25, 0.3) is 0 Å². The number of methoxy groups -OCH3 is 1. The van der Waals surface area contributed by atoms with E-state index in [0.717, 1.165) is 6.42 Å². The molecule has 0 bridgehead atoms. The van der Waals surface area contributed by atoms with Gasteiger partial charge in [0.05, 0.1) is 7.11 Å². The average molecular weight is 211 g/mol. The molecule has 0 aromatic carbocycles. The molecule has 5 heteroatoms. The highest BCUT2D eigenvalue weighted by Gasteiger charge is 2.07. The summed E-state index contributed by atoms with van der Waals surface area (Å²) in [5, 5.41) is 12.0. The number of anilines is 1. The summed E-state index contributed by atoms with van der Waals surface area (Å²) in [5.41, 5.74) is 0. The minimum absolute atomic E-state index is 0.162. The van der Waals surface area contributed by atoms with Gasteiger partial charge in [-0.05, 0) is 12.8 Å². The fourth-order valence-corrected chi connectivity index (χ4v) is 1.24. The lowest BCUT2D eigenvalue weighted by Crippen LogP contribution is -2.21. The van der Waals surface area contributed by atoms with Crippen molar-refractivity contribution >= 4 is 5.95 Å². The predicted octanol–water partition coefficient (Wildman–Crippen LogP) is 1.06. The van der Waals surface area contributed by atoms with E-state index in [1.165, 1.54) is 0 Å². The van der Waals surface area contributed by atoms with Crippen LogP contribution in [0, 0.1) is 0 Å². The number of rotatable bonds is 6. The molecule has 0 amide bonds. The second-order valence-corrected chi connectivity index (χ2v) is 3.18. The summed E-state index contributed by atoms with van der Waals surface area (Å²) in [4.78, 5) is 8.21. The first-order valence-electron chi connectivity index (χ1n) is 5.04. The van der Waals surface area contributed by atoms with Crippen LogP contribution in [0.1, 0.15) is 19.8 Å². The molecule has 15 heavy (non-hydrogen) atoms. The molecule has 0 radical (unpaired) electrons. The number of aliphatic hydroxyl groups excluding tert-OH is 1. The first kappa shape index (κ1) is 11.7. The number of ether oxygens (including phenoxy) is 1. The van der Waals surface area contributed by atoms with Crippen molar-refractivity contribution in [3.8, 4) is 5.88 Å². The van der Waals surface area contributed by atoms with Crippen LogP contribution >= 0.6 is 0 Å². The number of hydrogen-bond donors (Lipinski definition) is 2. The van der Waals surface area contributed by atoms with Gasteiger partial charge in [0.15, 0.2) is 0 Å². The van der Waals surface area contributed by atoms with Gasteiger partial charge in [-0.3, -0.25) is 0 Å². The molecular formula is C10H17N3O2. The largest absolute Gasteiger partial charge is 0.481 e. The van der Waals surface area contributed by atoms with Crippen molar-refractivity contribution in [2.75, 3.05) is 19.0 Å². The minimum atomic E-state index is 0.162. The molecule has 0 saturated heterocycles. The Morgan fingerprint density at radius 1 is 1.60 bits per heavy atom. The Kier molecular flexibility index (Phi) is 4.83. The molecule has 1 unspecified atom stereocenters. The summed E-state index contributed by atoms with van der Waals surface area (Å²) in [7, 11) is 1.57. The van der Waals surface area contributed by atoms with E-state index in [1.54, 1.807) is 19.4 Å². The van der Waals surface area contributed by atoms with Crippen molar-refractivity contribution in [1.82, 2.24) is 9.97 Å². The highest BCUT2D eigenvalue weighted by atomic mass is 16.5. The van der Waals surface area contributed by atoms with Gasteiger partial charge in [-0.1, -0.05) is 6.92 Å². The summed E-state index contributed by atoms with van der Waals surface area (Å²) in [6.45, 7) is 2.21. The van der Waals surface area contributed by atoms with Gasteiger partial charge in [-0.15, -0.1) is 0 Å². The quantitative estimate of drug-likeness (QED) is 0.736. The van der Waals surface area contributed by atoms with E-state index in [-0.39, 0.29) is 12.6 Å². The molecule has 1 aromatic heterocycles. The Labute approximate surface area is 89.5 Å². The molecule has 0 saturated carbocycles. The topological polar surface area (TPSA) is 67.3 Å². The van der Waals surface area contributed by atoms with Crippen molar-refractivity contribution in [3.63, 3.8) is 0 Å². The van der Waals surface area contributed by atoms with Crippen molar-refractivity contribution < 1.29 is 9.84 Å². The fraction of sp³-hybridized carbons (Fsp3) is 0.600. The molecule has 0 aliphatic rings. The van der Waals surface area contributed by atoms with Gasteiger partial charge in [-0.25, -0.2) is 4.98 Å². The molecule has 1 aromatic rings. The van der Waals surface area contributed by atoms with Crippen molar-refractivity contribution in [3.05, 3.63) is 12.3 Å². The molecule has 5 nitrogen and oxygen atoms in total. The average Bonchev–Trinajstić information content (AvgIpc) is 2.29. The number of aliphatic hydroxyl groups is 1. The highest BCUT2D eigenvalue weighted by molar-refractivity contribution is 5.28. The Morgan fingerprint density at radius 3 is 3.00 bits per heavy atom. The Balaban J connectivity index is 2.61. The van der Waals surface area contributed by atoms with Crippen molar-refractivity contribution in [2.24, 2.45) is 0 Å². The zero-order chi connectivity index (χ0) is 11.1. The Morgan fingerprint density at radius 2 is 2.40 bits per heavy atom. The Bertz CT molecular complexity index is 294. The van der Waals surface area contributed by atoms with Crippen LogP contribution in [0.4, 0.5) is 5.95 Å². The summed E-state index contributed by atoms with van der Waals surface area (Å²) in [6.07, 6.45) is 3.25. The zero-order valence-electron chi connectivity index (χ0n) is 9.10. The lowest BCUT2D eigenvalue weighted by atomic mass is 10.2. The van der Waals surface area contributed by atoms with Crippen LogP contribution in [0.2, 0.25) is 0 Å². The number of nitrogens with one attached hydrogen (secondary N) is 1. The van der Waals surface area contributed by atoms with Gasteiger partial charge in [0, 0.05) is 24.9 Å². The van der Waals surface area contributed by atoms with E-state index in [4.69, 9.17) is 9.84 Å². The maximum Gasteiger partial charge on any atom is 0.226 e. The predicted molar refractivity (Wildman–Crippen MR) is 58.0 cm³/mol. The van der Waals surface area contributed by atoms with Crippen molar-refractivity contribution in [1.29, 1.82) is 0 Å². The van der Waals surface area contributed by atoms with Crippen molar-refractivity contribution in [2.45, 2.75) is 25.8 Å². The fourth-order valence-electron chi connectivity index (χ4n) is 1.24. The number of hydrogen-bond acceptors (Lipinski definition) is 5. The first-order valence-corrected chi connectivity index (χ1v) is 5.04. The second kappa shape index (κ2) is 6.19. The van der Waals surface area contributed by atoms with E-state index >= 15 is 0 Å². The molecule has 0 spiro atoms. The molecular weight excluding hydrogens is 194 g/mol. The summed E-state index contributed by atoms with van der Waals surface area (Å²) >= 11 is 0. The molecule has 2 N–H and O–H groups in total. The molecule has 84 valence electrons. The van der Waals surface area contributed by atoms with Crippen LogP contribution in [0.5, 0.6) is 5.88 Å². The maximum absolute atomic E-state index is 8.84. The van der Waals surface area contributed by atoms with E-state index in [0.29, 0.717) is 18.2 Å². The normalized spacial score (nSPS) is 12.2. The van der Waals surface area contributed by atoms with Crippen LogP contribution in [0.3, 0.4) is 0 Å². The monoisotopic (exact) mass is 211 g/mol. The van der Waals surface area contributed by atoms with E-state index < -0.39 is 0 Å². The lowest BCUT2D eigenvalue weighted by Gasteiger charge is -2.15. The van der Waals surface area contributed by atoms with E-state index in [9.17, 15) is 0 Å². The minimum Gasteiger partial charge on any atom is -0.481 e. The zero-order valence-corrected chi connectivity index (χ0v) is 9.10. The second-order valence-electron chi connectivity index (χ2n) is 3.18. The van der Waals surface area contributed by atoms with Gasteiger partial charge in [0.2, 0.25) is 11.8 Å². The van der Waals surface area contributed by atoms with Gasteiger partial charge >= 0.3 is 0 Å².